The van der Waals surface area contributed by atoms with Crippen LogP contribution < -0.4 is 5.32 Å². The number of urea groups is 1. The number of rotatable bonds is 3. The number of imide groups is 1. The molecule has 2 heterocycles. The van der Waals surface area contributed by atoms with Crippen molar-refractivity contribution in [2.24, 2.45) is 0 Å². The van der Waals surface area contributed by atoms with Crippen LogP contribution in [0.2, 0.25) is 0 Å². The Morgan fingerprint density at radius 1 is 1.15 bits per heavy atom. The second-order valence-electron chi connectivity index (χ2n) is 7.36. The van der Waals surface area contributed by atoms with Crippen LogP contribution in [0.1, 0.15) is 35.9 Å². The smallest absolute Gasteiger partial charge is 0.325 e. The van der Waals surface area contributed by atoms with Gasteiger partial charge in [-0.2, -0.15) is 0 Å². The number of carbonyl (C=O) groups is 2. The Hall–Kier alpha value is -3.15. The van der Waals surface area contributed by atoms with E-state index in [4.69, 9.17) is 4.42 Å². The number of nitrogens with zero attached hydrogens (tertiary/aromatic N) is 2. The molecule has 1 atom stereocenters. The first kappa shape index (κ1) is 16.1. The molecule has 0 bridgehead atoms. The molecule has 3 aromatic rings. The standard InChI is InChI=1S/C21H19N3O3/c1-21(15-10-9-13-5-4-6-14(13)11-15)19(25)24(20(26)23-21)12-18-22-16-7-2-3-8-17(16)27-18/h2-3,7-11H,4-6,12H2,1H3,(H,23,26). The van der Waals surface area contributed by atoms with Crippen molar-refractivity contribution in [1.29, 1.82) is 0 Å². The molecule has 0 saturated carbocycles. The van der Waals surface area contributed by atoms with Crippen molar-refractivity contribution in [1.82, 2.24) is 15.2 Å². The largest absolute Gasteiger partial charge is 0.439 e. The number of carbonyl (C=O) groups excluding carboxylic acids is 2. The number of nitrogens with one attached hydrogen (secondary N) is 1. The molecule has 1 unspecified atom stereocenters. The van der Waals surface area contributed by atoms with Gasteiger partial charge in [0.1, 0.15) is 17.6 Å². The summed E-state index contributed by atoms with van der Waals surface area (Å²) in [6.07, 6.45) is 3.24. The van der Waals surface area contributed by atoms with Gasteiger partial charge < -0.3 is 9.73 Å². The number of hydrogen-bond donors (Lipinski definition) is 1. The summed E-state index contributed by atoms with van der Waals surface area (Å²) in [6.45, 7) is 1.77. The van der Waals surface area contributed by atoms with Gasteiger partial charge in [-0.25, -0.2) is 9.78 Å². The third kappa shape index (κ3) is 2.44. The van der Waals surface area contributed by atoms with E-state index in [1.807, 2.05) is 30.3 Å². The quantitative estimate of drug-likeness (QED) is 0.727. The average molecular weight is 361 g/mol. The summed E-state index contributed by atoms with van der Waals surface area (Å²) in [6, 6.07) is 13.0. The fourth-order valence-electron chi connectivity index (χ4n) is 4.04. The van der Waals surface area contributed by atoms with Crippen LogP contribution in [0.3, 0.4) is 0 Å². The maximum atomic E-state index is 13.1. The lowest BCUT2D eigenvalue weighted by Gasteiger charge is -2.23. The molecule has 5 rings (SSSR count). The van der Waals surface area contributed by atoms with Crippen LogP contribution in [0, 0.1) is 0 Å². The van der Waals surface area contributed by atoms with E-state index in [1.165, 1.54) is 16.0 Å². The van der Waals surface area contributed by atoms with Crippen molar-refractivity contribution >= 4 is 23.0 Å². The molecule has 6 heteroatoms. The van der Waals surface area contributed by atoms with Crippen LogP contribution in [0.4, 0.5) is 4.79 Å². The van der Waals surface area contributed by atoms with Crippen LogP contribution in [-0.2, 0) is 29.7 Å². The van der Waals surface area contributed by atoms with Gasteiger partial charge >= 0.3 is 6.03 Å². The second kappa shape index (κ2) is 5.67. The Morgan fingerprint density at radius 3 is 2.81 bits per heavy atom. The van der Waals surface area contributed by atoms with E-state index in [0.29, 0.717) is 17.0 Å². The molecule has 1 N–H and O–H groups in total. The molecule has 1 aliphatic heterocycles. The molecule has 0 radical (unpaired) electrons. The monoisotopic (exact) mass is 361 g/mol. The van der Waals surface area contributed by atoms with Gasteiger partial charge in [0.05, 0.1) is 0 Å². The Morgan fingerprint density at radius 2 is 1.96 bits per heavy atom. The second-order valence-corrected chi connectivity index (χ2v) is 7.36. The highest BCUT2D eigenvalue weighted by Gasteiger charge is 2.49. The minimum absolute atomic E-state index is 0.0138. The molecule has 2 aliphatic rings. The minimum atomic E-state index is -1.07. The van der Waals surface area contributed by atoms with Crippen LogP contribution >= 0.6 is 0 Å². The van der Waals surface area contributed by atoms with E-state index in [9.17, 15) is 9.59 Å². The Kier molecular flexibility index (Phi) is 3.37. The minimum Gasteiger partial charge on any atom is -0.439 e. The Labute approximate surface area is 156 Å². The van der Waals surface area contributed by atoms with E-state index in [1.54, 1.807) is 6.92 Å². The number of hydrogen-bond acceptors (Lipinski definition) is 4. The number of aromatic nitrogens is 1. The van der Waals surface area contributed by atoms with E-state index in [0.717, 1.165) is 24.8 Å². The van der Waals surface area contributed by atoms with Crippen LogP contribution in [-0.4, -0.2) is 21.8 Å². The van der Waals surface area contributed by atoms with Crippen molar-refractivity contribution in [2.75, 3.05) is 0 Å². The third-order valence-corrected chi connectivity index (χ3v) is 5.58. The maximum Gasteiger partial charge on any atom is 0.325 e. The highest BCUT2D eigenvalue weighted by molar-refractivity contribution is 6.07. The molecule has 1 saturated heterocycles. The fourth-order valence-corrected chi connectivity index (χ4v) is 4.04. The van der Waals surface area contributed by atoms with Gasteiger partial charge in [0.25, 0.3) is 5.91 Å². The van der Waals surface area contributed by atoms with Crippen molar-refractivity contribution in [3.05, 3.63) is 65.0 Å². The van der Waals surface area contributed by atoms with E-state index in [2.05, 4.69) is 22.4 Å². The zero-order chi connectivity index (χ0) is 18.6. The lowest BCUT2D eigenvalue weighted by molar-refractivity contribution is -0.131. The van der Waals surface area contributed by atoms with Crippen molar-refractivity contribution < 1.29 is 14.0 Å². The first-order valence-corrected chi connectivity index (χ1v) is 9.15. The van der Waals surface area contributed by atoms with Crippen LogP contribution in [0.5, 0.6) is 0 Å². The summed E-state index contributed by atoms with van der Waals surface area (Å²) >= 11 is 0. The number of para-hydroxylation sites is 2. The van der Waals surface area contributed by atoms with Gasteiger partial charge in [-0.15, -0.1) is 0 Å². The normalized spacial score (nSPS) is 21.7. The predicted molar refractivity (Wildman–Crippen MR) is 98.9 cm³/mol. The molecule has 2 aromatic carbocycles. The predicted octanol–water partition coefficient (Wildman–Crippen LogP) is 3.28. The zero-order valence-corrected chi connectivity index (χ0v) is 15.0. The number of aryl methyl sites for hydroxylation is 2. The topological polar surface area (TPSA) is 75.4 Å². The highest BCUT2D eigenvalue weighted by Crippen LogP contribution is 2.33. The lowest BCUT2D eigenvalue weighted by Crippen LogP contribution is -2.41. The average Bonchev–Trinajstić information content (AvgIpc) is 3.34. The van der Waals surface area contributed by atoms with E-state index in [-0.39, 0.29) is 12.5 Å². The SMILES string of the molecule is CC1(c2ccc3c(c2)CCC3)NC(=O)N(Cc2nc3ccccc3o2)C1=O. The van der Waals surface area contributed by atoms with E-state index < -0.39 is 11.6 Å². The van der Waals surface area contributed by atoms with Crippen LogP contribution in [0.15, 0.2) is 46.9 Å². The third-order valence-electron chi connectivity index (χ3n) is 5.58. The fraction of sp³-hybridized carbons (Fsp3) is 0.286. The molecule has 27 heavy (non-hydrogen) atoms. The lowest BCUT2D eigenvalue weighted by atomic mass is 9.90. The highest BCUT2D eigenvalue weighted by atomic mass is 16.3. The summed E-state index contributed by atoms with van der Waals surface area (Å²) in [5, 5.41) is 2.86. The Balaban J connectivity index is 1.45. The first-order chi connectivity index (χ1) is 13.0. The molecule has 1 aliphatic carbocycles. The summed E-state index contributed by atoms with van der Waals surface area (Å²) < 4.78 is 5.68. The number of benzene rings is 2. The van der Waals surface area contributed by atoms with Gasteiger partial charge in [-0.1, -0.05) is 30.3 Å². The van der Waals surface area contributed by atoms with Gasteiger partial charge in [0.2, 0.25) is 5.89 Å². The Bertz CT molecular complexity index is 1050. The molecular weight excluding hydrogens is 342 g/mol. The van der Waals surface area contributed by atoms with Gasteiger partial charge in [0.15, 0.2) is 5.58 Å². The number of fused-ring (bicyclic) bond motifs is 2. The van der Waals surface area contributed by atoms with Crippen molar-refractivity contribution in [2.45, 2.75) is 38.3 Å². The number of amides is 3. The summed E-state index contributed by atoms with van der Waals surface area (Å²) in [5.41, 5.74) is 3.71. The first-order valence-electron chi connectivity index (χ1n) is 9.15. The van der Waals surface area contributed by atoms with Crippen molar-refractivity contribution in [3.8, 4) is 0 Å². The summed E-state index contributed by atoms with van der Waals surface area (Å²) in [7, 11) is 0. The van der Waals surface area contributed by atoms with Crippen molar-refractivity contribution in [3.63, 3.8) is 0 Å². The molecule has 1 aromatic heterocycles. The van der Waals surface area contributed by atoms with E-state index >= 15 is 0 Å². The summed E-state index contributed by atoms with van der Waals surface area (Å²) in [4.78, 5) is 31.2. The summed E-state index contributed by atoms with van der Waals surface area (Å²) in [5.74, 6) is 0.0607. The van der Waals surface area contributed by atoms with Gasteiger partial charge in [-0.05, 0) is 55.0 Å². The molecule has 3 amide bonds. The molecule has 0 spiro atoms. The molecule has 136 valence electrons. The molecule has 1 fully saturated rings. The van der Waals surface area contributed by atoms with Gasteiger partial charge in [0, 0.05) is 0 Å². The number of oxazole rings is 1. The zero-order valence-electron chi connectivity index (χ0n) is 15.0. The maximum absolute atomic E-state index is 13.1. The van der Waals surface area contributed by atoms with Crippen LogP contribution in [0.25, 0.3) is 11.1 Å². The molecular formula is C21H19N3O3. The molecule has 6 nitrogen and oxygen atoms in total. The van der Waals surface area contributed by atoms with Gasteiger partial charge in [-0.3, -0.25) is 9.69 Å².